The van der Waals surface area contributed by atoms with Gasteiger partial charge in [0.2, 0.25) is 0 Å². The van der Waals surface area contributed by atoms with E-state index in [2.05, 4.69) is 37.8 Å². The summed E-state index contributed by atoms with van der Waals surface area (Å²) >= 11 is 0. The van der Waals surface area contributed by atoms with Crippen molar-refractivity contribution in [2.75, 3.05) is 0 Å². The van der Waals surface area contributed by atoms with Crippen LogP contribution in [0.4, 0.5) is 0 Å². The van der Waals surface area contributed by atoms with E-state index >= 15 is 0 Å². The van der Waals surface area contributed by atoms with Crippen molar-refractivity contribution >= 4 is 5.57 Å². The van der Waals surface area contributed by atoms with Crippen LogP contribution in [0.15, 0.2) is 30.8 Å². The summed E-state index contributed by atoms with van der Waals surface area (Å²) in [5.41, 5.74) is 4.18. The summed E-state index contributed by atoms with van der Waals surface area (Å²) in [6.07, 6.45) is 9.29. The first-order valence-electron chi connectivity index (χ1n) is 7.09. The molecular weight excluding hydrogens is 204 g/mol. The molecule has 0 nitrogen and oxygen atoms in total. The Bertz CT molecular complexity index is 352. The molecule has 0 aliphatic heterocycles. The quantitative estimate of drug-likeness (QED) is 0.661. The van der Waals surface area contributed by atoms with E-state index in [1.807, 2.05) is 0 Å². The molecule has 0 aromatic heterocycles. The molecule has 0 atom stereocenters. The van der Waals surface area contributed by atoms with Gasteiger partial charge in [0.1, 0.15) is 0 Å². The lowest BCUT2D eigenvalue weighted by Crippen LogP contribution is -2.07. The highest BCUT2D eigenvalue weighted by atomic mass is 14.2. The lowest BCUT2D eigenvalue weighted by atomic mass is 9.81. The van der Waals surface area contributed by atoms with Gasteiger partial charge in [-0.1, -0.05) is 63.5 Å². The maximum Gasteiger partial charge on any atom is -0.0162 e. The average molecular weight is 228 g/mol. The van der Waals surface area contributed by atoms with E-state index in [1.165, 1.54) is 61.6 Å². The molecule has 1 saturated carbocycles. The van der Waals surface area contributed by atoms with Crippen molar-refractivity contribution in [3.8, 4) is 0 Å². The number of rotatable bonds is 4. The Hall–Kier alpha value is -1.04. The molecule has 2 rings (SSSR count). The lowest BCUT2D eigenvalue weighted by molar-refractivity contribution is 0.430. The van der Waals surface area contributed by atoms with Gasteiger partial charge in [0.05, 0.1) is 0 Å². The van der Waals surface area contributed by atoms with E-state index in [9.17, 15) is 0 Å². The first kappa shape index (κ1) is 12.4. The standard InChI is InChI=1S/C17H24/c1-3-7-15-10-12-17(13-11-15)14(2)16-8-5-4-6-9-16/h10-13,16H,2-9H2,1H3. The molecule has 0 N–H and O–H groups in total. The zero-order valence-corrected chi connectivity index (χ0v) is 11.0. The molecule has 0 radical (unpaired) electrons. The van der Waals surface area contributed by atoms with Gasteiger partial charge < -0.3 is 0 Å². The molecule has 0 heterocycles. The second kappa shape index (κ2) is 6.05. The van der Waals surface area contributed by atoms with Gasteiger partial charge in [0, 0.05) is 0 Å². The summed E-state index contributed by atoms with van der Waals surface area (Å²) in [5.74, 6) is 0.737. The molecule has 17 heavy (non-hydrogen) atoms. The van der Waals surface area contributed by atoms with Crippen LogP contribution < -0.4 is 0 Å². The van der Waals surface area contributed by atoms with Crippen molar-refractivity contribution in [3.63, 3.8) is 0 Å². The molecule has 92 valence electrons. The minimum atomic E-state index is 0.737. The predicted molar refractivity (Wildman–Crippen MR) is 76.0 cm³/mol. The minimum absolute atomic E-state index is 0.737. The second-order valence-electron chi connectivity index (χ2n) is 5.31. The number of allylic oxidation sites excluding steroid dienone is 1. The zero-order chi connectivity index (χ0) is 12.1. The van der Waals surface area contributed by atoms with Gasteiger partial charge in [-0.15, -0.1) is 0 Å². The smallest absolute Gasteiger partial charge is 0.0162 e. The van der Waals surface area contributed by atoms with Gasteiger partial charge in [-0.2, -0.15) is 0 Å². The molecule has 1 fully saturated rings. The Morgan fingerprint density at radius 2 is 1.76 bits per heavy atom. The fraction of sp³-hybridized carbons (Fsp3) is 0.529. The molecule has 0 bridgehead atoms. The monoisotopic (exact) mass is 228 g/mol. The molecular formula is C17H24. The molecule has 1 aliphatic rings. The summed E-state index contributed by atoms with van der Waals surface area (Å²) in [6.45, 7) is 6.56. The summed E-state index contributed by atoms with van der Waals surface area (Å²) < 4.78 is 0. The number of aryl methyl sites for hydroxylation is 1. The van der Waals surface area contributed by atoms with Crippen molar-refractivity contribution in [3.05, 3.63) is 42.0 Å². The van der Waals surface area contributed by atoms with Crippen LogP contribution in [0, 0.1) is 5.92 Å². The predicted octanol–water partition coefficient (Wildman–Crippen LogP) is 5.23. The van der Waals surface area contributed by atoms with Crippen LogP contribution in [0.2, 0.25) is 0 Å². The third-order valence-corrected chi connectivity index (χ3v) is 3.96. The average Bonchev–Trinajstić information content (AvgIpc) is 2.40. The molecule has 0 spiro atoms. The van der Waals surface area contributed by atoms with Gasteiger partial charge in [0.25, 0.3) is 0 Å². The van der Waals surface area contributed by atoms with Crippen molar-refractivity contribution in [1.82, 2.24) is 0 Å². The fourth-order valence-electron chi connectivity index (χ4n) is 2.86. The van der Waals surface area contributed by atoms with Gasteiger partial charge in [-0.3, -0.25) is 0 Å². The maximum absolute atomic E-state index is 4.32. The van der Waals surface area contributed by atoms with Crippen molar-refractivity contribution < 1.29 is 0 Å². The Morgan fingerprint density at radius 1 is 1.12 bits per heavy atom. The summed E-state index contributed by atoms with van der Waals surface area (Å²) in [6, 6.07) is 9.07. The van der Waals surface area contributed by atoms with E-state index < -0.39 is 0 Å². The van der Waals surface area contributed by atoms with Crippen LogP contribution in [0.5, 0.6) is 0 Å². The Kier molecular flexibility index (Phi) is 4.42. The third-order valence-electron chi connectivity index (χ3n) is 3.96. The minimum Gasteiger partial charge on any atom is -0.0950 e. The topological polar surface area (TPSA) is 0 Å². The molecule has 0 saturated heterocycles. The molecule has 1 aromatic rings. The van der Waals surface area contributed by atoms with Gasteiger partial charge in [-0.25, -0.2) is 0 Å². The van der Waals surface area contributed by atoms with Gasteiger partial charge in [0.15, 0.2) is 0 Å². The number of hydrogen-bond acceptors (Lipinski definition) is 0. The van der Waals surface area contributed by atoms with E-state index in [-0.39, 0.29) is 0 Å². The third kappa shape index (κ3) is 3.21. The first-order valence-corrected chi connectivity index (χ1v) is 7.09. The van der Waals surface area contributed by atoms with Gasteiger partial charge >= 0.3 is 0 Å². The van der Waals surface area contributed by atoms with Crippen LogP contribution in [-0.4, -0.2) is 0 Å². The van der Waals surface area contributed by atoms with Crippen molar-refractivity contribution in [2.45, 2.75) is 51.9 Å². The number of hydrogen-bond donors (Lipinski definition) is 0. The first-order chi connectivity index (χ1) is 8.31. The van der Waals surface area contributed by atoms with Crippen LogP contribution >= 0.6 is 0 Å². The zero-order valence-electron chi connectivity index (χ0n) is 11.0. The summed E-state index contributed by atoms with van der Waals surface area (Å²) in [4.78, 5) is 0. The van der Waals surface area contributed by atoms with Crippen LogP contribution in [0.25, 0.3) is 5.57 Å². The lowest BCUT2D eigenvalue weighted by Gasteiger charge is -2.24. The Morgan fingerprint density at radius 3 is 2.35 bits per heavy atom. The largest absolute Gasteiger partial charge is 0.0950 e. The number of benzene rings is 1. The summed E-state index contributed by atoms with van der Waals surface area (Å²) in [7, 11) is 0. The second-order valence-corrected chi connectivity index (χ2v) is 5.31. The molecule has 0 amide bonds. The maximum atomic E-state index is 4.32. The Balaban J connectivity index is 2.03. The molecule has 1 aromatic carbocycles. The highest BCUT2D eigenvalue weighted by molar-refractivity contribution is 5.65. The normalized spacial score (nSPS) is 17.0. The van der Waals surface area contributed by atoms with E-state index in [1.54, 1.807) is 0 Å². The van der Waals surface area contributed by atoms with Gasteiger partial charge in [-0.05, 0) is 41.9 Å². The Labute approximate surface area is 106 Å². The highest BCUT2D eigenvalue weighted by Crippen LogP contribution is 2.34. The van der Waals surface area contributed by atoms with Crippen LogP contribution in [-0.2, 0) is 6.42 Å². The van der Waals surface area contributed by atoms with E-state index in [0.717, 1.165) is 5.92 Å². The van der Waals surface area contributed by atoms with E-state index in [0.29, 0.717) is 0 Å². The summed E-state index contributed by atoms with van der Waals surface area (Å²) in [5, 5.41) is 0. The van der Waals surface area contributed by atoms with Crippen LogP contribution in [0.3, 0.4) is 0 Å². The SMILES string of the molecule is C=C(c1ccc(CCC)cc1)C1CCCCC1. The fourth-order valence-corrected chi connectivity index (χ4v) is 2.86. The molecule has 0 unspecified atom stereocenters. The van der Waals surface area contributed by atoms with Crippen molar-refractivity contribution in [2.24, 2.45) is 5.92 Å². The van der Waals surface area contributed by atoms with Crippen molar-refractivity contribution in [1.29, 1.82) is 0 Å². The van der Waals surface area contributed by atoms with E-state index in [4.69, 9.17) is 0 Å². The van der Waals surface area contributed by atoms with Crippen LogP contribution in [0.1, 0.15) is 56.6 Å². The molecule has 1 aliphatic carbocycles. The molecule has 0 heteroatoms. The highest BCUT2D eigenvalue weighted by Gasteiger charge is 2.17.